The van der Waals surface area contributed by atoms with Gasteiger partial charge in [-0.2, -0.15) is 0 Å². The van der Waals surface area contributed by atoms with Crippen molar-refractivity contribution in [1.82, 2.24) is 9.55 Å². The molecular weight excluding hydrogens is 342 g/mol. The number of nitrogens with zero attached hydrogens (tertiary/aromatic N) is 2. The number of carboxylic acids is 1. The minimum Gasteiger partial charge on any atom is -0.477 e. The minimum atomic E-state index is -1.09. The van der Waals surface area contributed by atoms with Gasteiger partial charge >= 0.3 is 5.97 Å². The molecule has 0 saturated carbocycles. The summed E-state index contributed by atoms with van der Waals surface area (Å²) in [6, 6.07) is 7.74. The Balaban J connectivity index is 2.17. The van der Waals surface area contributed by atoms with Crippen molar-refractivity contribution in [1.29, 1.82) is 0 Å². The van der Waals surface area contributed by atoms with Crippen LogP contribution in [-0.4, -0.2) is 25.7 Å². The molecule has 142 valence electrons. The number of fused-ring (bicyclic) bond motifs is 1. The quantitative estimate of drug-likeness (QED) is 0.617. The monoisotopic (exact) mass is 367 g/mol. The molecule has 0 spiro atoms. The lowest BCUT2D eigenvalue weighted by molar-refractivity contribution is 0.0691. The van der Waals surface area contributed by atoms with Crippen molar-refractivity contribution in [3.8, 4) is 0 Å². The highest BCUT2D eigenvalue weighted by Gasteiger charge is 2.20. The number of rotatable bonds is 6. The number of carboxylic acid groups (broad SMARTS) is 1. The second-order valence-corrected chi connectivity index (χ2v) is 6.75. The van der Waals surface area contributed by atoms with Gasteiger partial charge in [0.05, 0.1) is 23.3 Å². The zero-order valence-electron chi connectivity index (χ0n) is 16.1. The summed E-state index contributed by atoms with van der Waals surface area (Å²) in [7, 11) is 0. The fraction of sp³-hybridized carbons (Fsp3) is 0.333. The Labute approximate surface area is 158 Å². The molecule has 1 aromatic carbocycles. The maximum Gasteiger partial charge on any atom is 0.354 e. The Hall–Kier alpha value is -2.86. The van der Waals surface area contributed by atoms with Gasteiger partial charge in [-0.1, -0.05) is 18.2 Å². The van der Waals surface area contributed by atoms with E-state index in [0.29, 0.717) is 29.9 Å². The largest absolute Gasteiger partial charge is 0.477 e. The lowest BCUT2D eigenvalue weighted by atomic mass is 10.0. The van der Waals surface area contributed by atoms with Crippen LogP contribution >= 0.6 is 0 Å². The van der Waals surface area contributed by atoms with Crippen LogP contribution in [0.3, 0.4) is 0 Å². The van der Waals surface area contributed by atoms with Gasteiger partial charge in [-0.15, -0.1) is 0 Å². The van der Waals surface area contributed by atoms with Crippen LogP contribution in [0.25, 0.3) is 11.0 Å². The SMILES string of the molecule is CCn1c(C)c(CO)c2nc(C(=O)O)cc(NCc3c(C)cccc3C)c21. The lowest BCUT2D eigenvalue weighted by Crippen LogP contribution is -2.08. The van der Waals surface area contributed by atoms with Gasteiger partial charge in [0.15, 0.2) is 5.69 Å². The van der Waals surface area contributed by atoms with Crippen LogP contribution in [0.2, 0.25) is 0 Å². The predicted octanol–water partition coefficient (Wildman–Crippen LogP) is 3.78. The first kappa shape index (κ1) is 18.9. The van der Waals surface area contributed by atoms with Crippen molar-refractivity contribution in [2.75, 3.05) is 5.32 Å². The number of pyridine rings is 1. The number of carbonyl (C=O) groups is 1. The number of aliphatic hydroxyl groups is 1. The summed E-state index contributed by atoms with van der Waals surface area (Å²) in [5.74, 6) is -1.09. The second-order valence-electron chi connectivity index (χ2n) is 6.75. The van der Waals surface area contributed by atoms with E-state index in [1.807, 2.05) is 19.9 Å². The third-order valence-corrected chi connectivity index (χ3v) is 5.18. The molecule has 0 amide bonds. The first-order chi connectivity index (χ1) is 12.9. The molecule has 6 nitrogen and oxygen atoms in total. The van der Waals surface area contributed by atoms with Crippen molar-refractivity contribution in [2.45, 2.75) is 47.4 Å². The van der Waals surface area contributed by atoms with Gasteiger partial charge < -0.3 is 20.1 Å². The van der Waals surface area contributed by atoms with E-state index in [-0.39, 0.29) is 12.3 Å². The molecule has 2 aromatic heterocycles. The minimum absolute atomic E-state index is 0.0329. The summed E-state index contributed by atoms with van der Waals surface area (Å²) in [5, 5.41) is 22.7. The summed E-state index contributed by atoms with van der Waals surface area (Å²) in [6.07, 6.45) is 0. The smallest absolute Gasteiger partial charge is 0.354 e. The molecule has 0 aliphatic heterocycles. The standard InChI is InChI=1S/C21H25N3O3/c1-5-24-14(4)16(11-25)19-20(24)17(9-18(23-19)21(26)27)22-10-15-12(2)7-6-8-13(15)3/h6-9,25H,5,10-11H2,1-4H3,(H,22,23)(H,26,27). The molecule has 0 aliphatic rings. The van der Waals surface area contributed by atoms with Crippen LogP contribution in [0.15, 0.2) is 24.3 Å². The highest BCUT2D eigenvalue weighted by atomic mass is 16.4. The topological polar surface area (TPSA) is 87.4 Å². The second kappa shape index (κ2) is 7.40. The molecule has 0 radical (unpaired) electrons. The molecule has 27 heavy (non-hydrogen) atoms. The summed E-state index contributed by atoms with van der Waals surface area (Å²) in [6.45, 7) is 9.19. The molecular formula is C21H25N3O3. The summed E-state index contributed by atoms with van der Waals surface area (Å²) < 4.78 is 2.06. The van der Waals surface area contributed by atoms with Crippen molar-refractivity contribution in [2.24, 2.45) is 0 Å². The van der Waals surface area contributed by atoms with Crippen molar-refractivity contribution < 1.29 is 15.0 Å². The van der Waals surface area contributed by atoms with E-state index in [0.717, 1.165) is 11.2 Å². The summed E-state index contributed by atoms with van der Waals surface area (Å²) in [4.78, 5) is 15.9. The van der Waals surface area contributed by atoms with Crippen LogP contribution in [-0.2, 0) is 19.7 Å². The van der Waals surface area contributed by atoms with Gasteiger partial charge in [-0.25, -0.2) is 9.78 Å². The highest BCUT2D eigenvalue weighted by molar-refractivity contribution is 5.97. The molecule has 3 rings (SSSR count). The Kier molecular flexibility index (Phi) is 5.19. The van der Waals surface area contributed by atoms with Gasteiger partial charge in [0.25, 0.3) is 0 Å². The number of nitrogens with one attached hydrogen (secondary N) is 1. The van der Waals surface area contributed by atoms with Crippen molar-refractivity contribution in [3.63, 3.8) is 0 Å². The van der Waals surface area contributed by atoms with Crippen molar-refractivity contribution in [3.05, 3.63) is 57.9 Å². The first-order valence-electron chi connectivity index (χ1n) is 9.04. The lowest BCUT2D eigenvalue weighted by Gasteiger charge is -2.15. The summed E-state index contributed by atoms with van der Waals surface area (Å²) >= 11 is 0. The molecule has 3 aromatic rings. The third-order valence-electron chi connectivity index (χ3n) is 5.18. The molecule has 6 heteroatoms. The molecule has 0 fully saturated rings. The molecule has 3 N–H and O–H groups in total. The van der Waals surface area contributed by atoms with Gasteiger partial charge in [0, 0.05) is 24.3 Å². The molecule has 2 heterocycles. The molecule has 0 aliphatic carbocycles. The fourth-order valence-electron chi connectivity index (χ4n) is 3.66. The maximum atomic E-state index is 11.6. The van der Waals surface area contributed by atoms with Gasteiger partial charge in [-0.3, -0.25) is 0 Å². The van der Waals surface area contributed by atoms with Crippen molar-refractivity contribution >= 4 is 22.7 Å². The van der Waals surface area contributed by atoms with E-state index >= 15 is 0 Å². The fourth-order valence-corrected chi connectivity index (χ4v) is 3.66. The van der Waals surface area contributed by atoms with Crippen LogP contribution < -0.4 is 5.32 Å². The molecule has 0 unspecified atom stereocenters. The van der Waals surface area contributed by atoms with E-state index < -0.39 is 5.97 Å². The average molecular weight is 367 g/mol. The van der Waals surface area contributed by atoms with Crippen LogP contribution in [0.4, 0.5) is 5.69 Å². The van der Waals surface area contributed by atoms with Crippen LogP contribution in [0.1, 0.15) is 45.4 Å². The highest BCUT2D eigenvalue weighted by Crippen LogP contribution is 2.32. The first-order valence-corrected chi connectivity index (χ1v) is 9.04. The van der Waals surface area contributed by atoms with E-state index in [2.05, 4.69) is 40.8 Å². The van der Waals surface area contributed by atoms with E-state index in [4.69, 9.17) is 0 Å². The zero-order valence-corrected chi connectivity index (χ0v) is 16.1. The number of anilines is 1. The summed E-state index contributed by atoms with van der Waals surface area (Å²) in [5.41, 5.74) is 7.18. The van der Waals surface area contributed by atoms with E-state index in [9.17, 15) is 15.0 Å². The number of aromatic nitrogens is 2. The third kappa shape index (κ3) is 3.28. The Morgan fingerprint density at radius 2 is 1.85 bits per heavy atom. The molecule has 0 bridgehead atoms. The van der Waals surface area contributed by atoms with Crippen LogP contribution in [0, 0.1) is 20.8 Å². The zero-order chi connectivity index (χ0) is 19.7. The number of hydrogen-bond donors (Lipinski definition) is 3. The predicted molar refractivity (Wildman–Crippen MR) is 106 cm³/mol. The normalized spacial score (nSPS) is 11.1. The number of benzene rings is 1. The molecule has 0 saturated heterocycles. The van der Waals surface area contributed by atoms with Gasteiger partial charge in [-0.05, 0) is 50.5 Å². The van der Waals surface area contributed by atoms with E-state index in [1.54, 1.807) is 6.07 Å². The Morgan fingerprint density at radius 1 is 1.19 bits per heavy atom. The van der Waals surface area contributed by atoms with E-state index in [1.165, 1.54) is 16.7 Å². The Bertz CT molecular complexity index is 1000. The maximum absolute atomic E-state index is 11.6. The number of aryl methyl sites for hydroxylation is 3. The van der Waals surface area contributed by atoms with Gasteiger partial charge in [0.1, 0.15) is 0 Å². The van der Waals surface area contributed by atoms with Gasteiger partial charge in [0.2, 0.25) is 0 Å². The molecule has 0 atom stereocenters. The number of aromatic carboxylic acids is 1. The Morgan fingerprint density at radius 3 is 2.41 bits per heavy atom. The number of hydrogen-bond acceptors (Lipinski definition) is 4. The average Bonchev–Trinajstić information content (AvgIpc) is 2.91. The van der Waals surface area contributed by atoms with Crippen LogP contribution in [0.5, 0.6) is 0 Å². The number of aliphatic hydroxyl groups excluding tert-OH is 1.